The molecule has 27 heavy (non-hydrogen) atoms. The van der Waals surface area contributed by atoms with Crippen molar-refractivity contribution in [2.24, 2.45) is 5.92 Å². The lowest BCUT2D eigenvalue weighted by Crippen LogP contribution is -2.19. The fourth-order valence-corrected chi connectivity index (χ4v) is 2.94. The fraction of sp³-hybridized carbons (Fsp3) is 0.217. The minimum Gasteiger partial charge on any atom is -0.326 e. The number of benzene rings is 3. The lowest BCUT2D eigenvalue weighted by Gasteiger charge is -2.13. The minimum absolute atomic E-state index is 0.0492. The van der Waals surface area contributed by atoms with Crippen molar-refractivity contribution in [3.8, 4) is 0 Å². The highest BCUT2D eigenvalue weighted by atomic mass is 16.2. The first kappa shape index (κ1) is 18.6. The van der Waals surface area contributed by atoms with Gasteiger partial charge in [0.1, 0.15) is 0 Å². The van der Waals surface area contributed by atoms with E-state index in [0.717, 1.165) is 21.9 Å². The van der Waals surface area contributed by atoms with Gasteiger partial charge < -0.3 is 10.6 Å². The summed E-state index contributed by atoms with van der Waals surface area (Å²) in [7, 11) is 0. The maximum atomic E-state index is 12.6. The van der Waals surface area contributed by atoms with Crippen LogP contribution in [0.25, 0.3) is 10.8 Å². The van der Waals surface area contributed by atoms with E-state index in [1.165, 1.54) is 0 Å². The monoisotopic (exact) mass is 360 g/mol. The fourth-order valence-electron chi connectivity index (χ4n) is 2.94. The van der Waals surface area contributed by atoms with E-state index in [0.29, 0.717) is 17.8 Å². The van der Waals surface area contributed by atoms with E-state index < -0.39 is 0 Å². The number of carbonyl (C=O) groups excluding carboxylic acids is 2. The predicted molar refractivity (Wildman–Crippen MR) is 111 cm³/mol. The highest BCUT2D eigenvalue weighted by molar-refractivity contribution is 5.98. The summed E-state index contributed by atoms with van der Waals surface area (Å²) in [4.78, 5) is 24.5. The number of anilines is 2. The van der Waals surface area contributed by atoms with Crippen LogP contribution >= 0.6 is 0 Å². The number of hydrogen-bond acceptors (Lipinski definition) is 2. The van der Waals surface area contributed by atoms with Gasteiger partial charge in [-0.15, -0.1) is 0 Å². The molecule has 0 bridgehead atoms. The molecular formula is C23H24N2O2. The van der Waals surface area contributed by atoms with Gasteiger partial charge in [0.2, 0.25) is 11.8 Å². The lowest BCUT2D eigenvalue weighted by molar-refractivity contribution is -0.119. The van der Waals surface area contributed by atoms with Crippen molar-refractivity contribution in [1.29, 1.82) is 0 Å². The van der Waals surface area contributed by atoms with Crippen molar-refractivity contribution in [3.05, 3.63) is 71.8 Å². The molecule has 0 aliphatic rings. The molecule has 2 amide bonds. The predicted octanol–water partition coefficient (Wildman–Crippen LogP) is 4.92. The molecule has 3 aromatic rings. The number of aryl methyl sites for hydroxylation is 1. The summed E-state index contributed by atoms with van der Waals surface area (Å²) in [5.41, 5.74) is 3.33. The zero-order valence-corrected chi connectivity index (χ0v) is 15.9. The third-order valence-electron chi connectivity index (χ3n) is 4.53. The average Bonchev–Trinajstić information content (AvgIpc) is 2.64. The summed E-state index contributed by atoms with van der Waals surface area (Å²) >= 11 is 0. The number of hydrogen-bond donors (Lipinski definition) is 2. The van der Waals surface area contributed by atoms with Crippen LogP contribution in [0, 0.1) is 12.8 Å². The highest BCUT2D eigenvalue weighted by Crippen LogP contribution is 2.23. The SMILES string of the molecule is Cc1ccc(NC(=O)C(C)C)cc1NC(=O)Cc1cccc2ccccc12. The summed E-state index contributed by atoms with van der Waals surface area (Å²) in [5, 5.41) is 8.05. The van der Waals surface area contributed by atoms with E-state index in [4.69, 9.17) is 0 Å². The summed E-state index contributed by atoms with van der Waals surface area (Å²) in [6.45, 7) is 5.62. The Morgan fingerprint density at radius 1 is 0.926 bits per heavy atom. The average molecular weight is 360 g/mol. The molecule has 0 fully saturated rings. The molecule has 0 unspecified atom stereocenters. The van der Waals surface area contributed by atoms with Crippen molar-refractivity contribution in [1.82, 2.24) is 0 Å². The summed E-state index contributed by atoms with van der Waals surface area (Å²) < 4.78 is 0. The minimum atomic E-state index is -0.101. The Hall–Kier alpha value is -3.14. The van der Waals surface area contributed by atoms with Gasteiger partial charge in [0, 0.05) is 17.3 Å². The molecule has 4 heteroatoms. The van der Waals surface area contributed by atoms with Gasteiger partial charge in [-0.05, 0) is 41.0 Å². The van der Waals surface area contributed by atoms with E-state index in [1.807, 2.05) is 75.4 Å². The molecule has 0 aliphatic heterocycles. The van der Waals surface area contributed by atoms with Crippen molar-refractivity contribution in [2.45, 2.75) is 27.2 Å². The Kier molecular flexibility index (Phi) is 5.55. The maximum absolute atomic E-state index is 12.6. The summed E-state index contributed by atoms with van der Waals surface area (Å²) in [6.07, 6.45) is 0.295. The number of nitrogens with one attached hydrogen (secondary N) is 2. The van der Waals surface area contributed by atoms with Crippen molar-refractivity contribution >= 4 is 34.0 Å². The molecule has 138 valence electrons. The molecule has 0 radical (unpaired) electrons. The van der Waals surface area contributed by atoms with Crippen molar-refractivity contribution in [2.75, 3.05) is 10.6 Å². The van der Waals surface area contributed by atoms with Gasteiger partial charge in [0.15, 0.2) is 0 Å². The smallest absolute Gasteiger partial charge is 0.228 e. The van der Waals surface area contributed by atoms with Gasteiger partial charge in [0.05, 0.1) is 6.42 Å². The van der Waals surface area contributed by atoms with E-state index in [-0.39, 0.29) is 17.7 Å². The van der Waals surface area contributed by atoms with Crippen molar-refractivity contribution < 1.29 is 9.59 Å². The normalized spacial score (nSPS) is 10.8. The van der Waals surface area contributed by atoms with Gasteiger partial charge in [-0.2, -0.15) is 0 Å². The quantitative estimate of drug-likeness (QED) is 0.678. The Morgan fingerprint density at radius 3 is 2.44 bits per heavy atom. The van der Waals surface area contributed by atoms with Crippen LogP contribution in [0.1, 0.15) is 25.0 Å². The van der Waals surface area contributed by atoms with Crippen LogP contribution in [-0.2, 0) is 16.0 Å². The molecular weight excluding hydrogens is 336 g/mol. The Labute approximate surface area is 159 Å². The van der Waals surface area contributed by atoms with E-state index in [1.54, 1.807) is 6.07 Å². The van der Waals surface area contributed by atoms with Gasteiger partial charge in [-0.3, -0.25) is 9.59 Å². The van der Waals surface area contributed by atoms with Gasteiger partial charge in [0.25, 0.3) is 0 Å². The molecule has 0 aliphatic carbocycles. The second kappa shape index (κ2) is 8.04. The van der Waals surface area contributed by atoms with Gasteiger partial charge in [-0.1, -0.05) is 62.4 Å². The Balaban J connectivity index is 1.76. The second-order valence-electron chi connectivity index (χ2n) is 7.04. The van der Waals surface area contributed by atoms with Crippen LogP contribution in [0.4, 0.5) is 11.4 Å². The van der Waals surface area contributed by atoms with Crippen LogP contribution in [0.5, 0.6) is 0 Å². The first-order valence-electron chi connectivity index (χ1n) is 9.12. The first-order chi connectivity index (χ1) is 12.9. The summed E-state index contributed by atoms with van der Waals surface area (Å²) in [6, 6.07) is 19.6. The van der Waals surface area contributed by atoms with Crippen LogP contribution in [0.15, 0.2) is 60.7 Å². The van der Waals surface area contributed by atoms with Crippen molar-refractivity contribution in [3.63, 3.8) is 0 Å². The Bertz CT molecular complexity index is 987. The standard InChI is InChI=1S/C23H24N2O2/c1-15(2)23(27)24-19-12-11-16(3)21(14-19)25-22(26)13-18-9-6-8-17-7-4-5-10-20(17)18/h4-12,14-15H,13H2,1-3H3,(H,24,27)(H,25,26). The second-order valence-corrected chi connectivity index (χ2v) is 7.04. The Morgan fingerprint density at radius 2 is 1.67 bits per heavy atom. The van der Waals surface area contributed by atoms with E-state index in [2.05, 4.69) is 10.6 Å². The molecule has 4 nitrogen and oxygen atoms in total. The number of amides is 2. The molecule has 0 spiro atoms. The largest absolute Gasteiger partial charge is 0.326 e. The molecule has 2 N–H and O–H groups in total. The zero-order valence-electron chi connectivity index (χ0n) is 15.9. The molecule has 0 saturated carbocycles. The van der Waals surface area contributed by atoms with Gasteiger partial charge >= 0.3 is 0 Å². The number of carbonyl (C=O) groups is 2. The highest BCUT2D eigenvalue weighted by Gasteiger charge is 2.11. The molecule has 0 saturated heterocycles. The maximum Gasteiger partial charge on any atom is 0.228 e. The number of fused-ring (bicyclic) bond motifs is 1. The zero-order chi connectivity index (χ0) is 19.4. The third-order valence-corrected chi connectivity index (χ3v) is 4.53. The topological polar surface area (TPSA) is 58.2 Å². The van der Waals surface area contributed by atoms with Crippen LogP contribution in [0.3, 0.4) is 0 Å². The molecule has 3 aromatic carbocycles. The van der Waals surface area contributed by atoms with Crippen LogP contribution in [-0.4, -0.2) is 11.8 Å². The van der Waals surface area contributed by atoms with Crippen LogP contribution in [0.2, 0.25) is 0 Å². The molecule has 3 rings (SSSR count). The molecule has 0 heterocycles. The third kappa shape index (κ3) is 4.53. The summed E-state index contributed by atoms with van der Waals surface area (Å²) in [5.74, 6) is -0.232. The van der Waals surface area contributed by atoms with E-state index >= 15 is 0 Å². The van der Waals surface area contributed by atoms with Gasteiger partial charge in [-0.25, -0.2) is 0 Å². The lowest BCUT2D eigenvalue weighted by atomic mass is 10.0. The molecule has 0 aromatic heterocycles. The van der Waals surface area contributed by atoms with Crippen LogP contribution < -0.4 is 10.6 Å². The molecule has 0 atom stereocenters. The first-order valence-corrected chi connectivity index (χ1v) is 9.12. The van der Waals surface area contributed by atoms with E-state index in [9.17, 15) is 9.59 Å². The number of rotatable bonds is 5.